The molecule has 1 saturated heterocycles. The van der Waals surface area contributed by atoms with Crippen LogP contribution in [0.3, 0.4) is 0 Å². The van der Waals surface area contributed by atoms with Gasteiger partial charge in [-0.05, 0) is 49.9 Å². The molecule has 1 aliphatic heterocycles. The zero-order valence-corrected chi connectivity index (χ0v) is 12.9. The third kappa shape index (κ3) is 4.55. The molecule has 2 nitrogen and oxygen atoms in total. The van der Waals surface area contributed by atoms with Crippen LogP contribution < -0.4 is 5.32 Å². The van der Waals surface area contributed by atoms with Gasteiger partial charge >= 0.3 is 0 Å². The highest BCUT2D eigenvalue weighted by molar-refractivity contribution is 9.10. The van der Waals surface area contributed by atoms with Crippen LogP contribution in [0, 0.1) is 5.82 Å². The summed E-state index contributed by atoms with van der Waals surface area (Å²) in [6.45, 7) is 3.95. The van der Waals surface area contributed by atoms with Crippen molar-refractivity contribution in [1.29, 1.82) is 0 Å². The van der Waals surface area contributed by atoms with Gasteiger partial charge in [-0.3, -0.25) is 0 Å². The minimum atomic E-state index is -0.199. The fourth-order valence-electron chi connectivity index (χ4n) is 2.63. The summed E-state index contributed by atoms with van der Waals surface area (Å²) in [5.41, 5.74) is 1.14. The number of hydrogen-bond donors (Lipinski definition) is 1. The van der Waals surface area contributed by atoms with Crippen molar-refractivity contribution in [3.8, 4) is 0 Å². The third-order valence-corrected chi connectivity index (χ3v) is 4.28. The van der Waals surface area contributed by atoms with Crippen molar-refractivity contribution < 1.29 is 9.13 Å². The molecule has 0 aliphatic carbocycles. The Morgan fingerprint density at radius 1 is 1.53 bits per heavy atom. The first-order valence-electron chi connectivity index (χ1n) is 6.98. The van der Waals surface area contributed by atoms with Crippen LogP contribution in [0.25, 0.3) is 0 Å². The highest BCUT2D eigenvalue weighted by Gasteiger charge is 2.21. The van der Waals surface area contributed by atoms with Gasteiger partial charge in [0.25, 0.3) is 0 Å². The molecule has 0 saturated carbocycles. The summed E-state index contributed by atoms with van der Waals surface area (Å²) in [5.74, 6) is -0.199. The number of ether oxygens (including phenoxy) is 1. The first-order valence-corrected chi connectivity index (χ1v) is 7.77. The molecule has 2 rings (SSSR count). The predicted octanol–water partition coefficient (Wildman–Crippen LogP) is 3.68. The van der Waals surface area contributed by atoms with Crippen molar-refractivity contribution in [1.82, 2.24) is 5.32 Å². The summed E-state index contributed by atoms with van der Waals surface area (Å²) in [6.07, 6.45) is 4.63. The van der Waals surface area contributed by atoms with Crippen molar-refractivity contribution in [3.63, 3.8) is 0 Å². The van der Waals surface area contributed by atoms with E-state index in [1.165, 1.54) is 18.6 Å². The summed E-state index contributed by atoms with van der Waals surface area (Å²) < 4.78 is 19.6. The van der Waals surface area contributed by atoms with Crippen LogP contribution in [0.5, 0.6) is 0 Å². The highest BCUT2D eigenvalue weighted by atomic mass is 79.9. The zero-order chi connectivity index (χ0) is 13.7. The molecule has 0 radical (unpaired) electrons. The standard InChI is InChI=1S/C15H21BrFNO/c1-2-18-13(10-14-4-3-7-19-14)8-11-5-6-12(17)9-15(11)16/h5-6,9,13-14,18H,2-4,7-8,10H2,1H3. The van der Waals surface area contributed by atoms with Crippen LogP contribution in [-0.2, 0) is 11.2 Å². The van der Waals surface area contributed by atoms with Crippen molar-refractivity contribution >= 4 is 15.9 Å². The first-order chi connectivity index (χ1) is 9.19. The molecule has 1 aromatic rings. The molecule has 1 aromatic carbocycles. The smallest absolute Gasteiger partial charge is 0.124 e. The van der Waals surface area contributed by atoms with Gasteiger partial charge in [-0.1, -0.05) is 28.9 Å². The monoisotopic (exact) mass is 329 g/mol. The van der Waals surface area contributed by atoms with Crippen molar-refractivity contribution in [3.05, 3.63) is 34.1 Å². The Bertz CT molecular complexity index is 407. The molecule has 2 unspecified atom stereocenters. The second kappa shape index (κ2) is 7.36. The molecule has 0 aromatic heterocycles. The number of halogens is 2. The highest BCUT2D eigenvalue weighted by Crippen LogP contribution is 2.23. The van der Waals surface area contributed by atoms with Gasteiger partial charge in [0.05, 0.1) is 6.10 Å². The molecule has 4 heteroatoms. The van der Waals surface area contributed by atoms with Gasteiger partial charge in [0, 0.05) is 17.1 Å². The molecule has 0 spiro atoms. The van der Waals surface area contributed by atoms with Gasteiger partial charge in [0.1, 0.15) is 5.82 Å². The lowest BCUT2D eigenvalue weighted by molar-refractivity contribution is 0.0947. The largest absolute Gasteiger partial charge is 0.378 e. The van der Waals surface area contributed by atoms with Crippen LogP contribution in [0.4, 0.5) is 4.39 Å². The van der Waals surface area contributed by atoms with Crippen molar-refractivity contribution in [2.45, 2.75) is 44.8 Å². The average molecular weight is 330 g/mol. The van der Waals surface area contributed by atoms with Gasteiger partial charge in [-0.15, -0.1) is 0 Å². The van der Waals surface area contributed by atoms with Crippen LogP contribution in [-0.4, -0.2) is 25.3 Å². The molecular weight excluding hydrogens is 309 g/mol. The van der Waals surface area contributed by atoms with Crippen LogP contribution in [0.1, 0.15) is 31.7 Å². The Hall–Kier alpha value is -0.450. The second-order valence-electron chi connectivity index (χ2n) is 5.07. The molecule has 1 aliphatic rings. The van der Waals surface area contributed by atoms with Crippen molar-refractivity contribution in [2.75, 3.05) is 13.2 Å². The molecule has 1 fully saturated rings. The van der Waals surface area contributed by atoms with Crippen LogP contribution in [0.2, 0.25) is 0 Å². The predicted molar refractivity (Wildman–Crippen MR) is 78.9 cm³/mol. The number of rotatable bonds is 6. The van der Waals surface area contributed by atoms with E-state index in [1.54, 1.807) is 0 Å². The minimum Gasteiger partial charge on any atom is -0.378 e. The lowest BCUT2D eigenvalue weighted by atomic mass is 9.99. The molecule has 2 atom stereocenters. The van der Waals surface area contributed by atoms with E-state index in [-0.39, 0.29) is 5.82 Å². The van der Waals surface area contributed by atoms with E-state index in [9.17, 15) is 4.39 Å². The minimum absolute atomic E-state index is 0.199. The van der Waals surface area contributed by atoms with Gasteiger partial charge in [0.2, 0.25) is 0 Å². The van der Waals surface area contributed by atoms with Crippen molar-refractivity contribution in [2.24, 2.45) is 0 Å². The van der Waals surface area contributed by atoms with Gasteiger partial charge < -0.3 is 10.1 Å². The molecule has 19 heavy (non-hydrogen) atoms. The summed E-state index contributed by atoms with van der Waals surface area (Å²) in [5, 5.41) is 3.51. The molecular formula is C15H21BrFNO. The van der Waals surface area contributed by atoms with E-state index in [2.05, 4.69) is 28.2 Å². The number of likely N-dealkylation sites (N-methyl/N-ethyl adjacent to an activating group) is 1. The maximum atomic E-state index is 13.1. The average Bonchev–Trinajstić information content (AvgIpc) is 2.86. The number of benzene rings is 1. The number of nitrogens with one attached hydrogen (secondary N) is 1. The Morgan fingerprint density at radius 3 is 3.00 bits per heavy atom. The lowest BCUT2D eigenvalue weighted by Crippen LogP contribution is -2.34. The Labute approximate surface area is 122 Å². The number of hydrogen-bond acceptors (Lipinski definition) is 2. The second-order valence-corrected chi connectivity index (χ2v) is 5.92. The molecule has 0 bridgehead atoms. The third-order valence-electron chi connectivity index (χ3n) is 3.55. The molecule has 1 heterocycles. The van der Waals surface area contributed by atoms with E-state index in [4.69, 9.17) is 4.74 Å². The van der Waals surface area contributed by atoms with Gasteiger partial charge in [-0.25, -0.2) is 4.39 Å². The Morgan fingerprint density at radius 2 is 2.37 bits per heavy atom. The summed E-state index contributed by atoms with van der Waals surface area (Å²) in [7, 11) is 0. The van der Waals surface area contributed by atoms with E-state index >= 15 is 0 Å². The normalized spacial score (nSPS) is 20.7. The Kier molecular flexibility index (Phi) is 5.79. The topological polar surface area (TPSA) is 21.3 Å². The van der Waals surface area contributed by atoms with E-state index in [1.807, 2.05) is 6.07 Å². The van der Waals surface area contributed by atoms with E-state index in [0.717, 1.165) is 42.5 Å². The summed E-state index contributed by atoms with van der Waals surface area (Å²) in [4.78, 5) is 0. The fourth-order valence-corrected chi connectivity index (χ4v) is 3.14. The van der Waals surface area contributed by atoms with E-state index in [0.29, 0.717) is 12.1 Å². The zero-order valence-electron chi connectivity index (χ0n) is 11.3. The van der Waals surface area contributed by atoms with E-state index < -0.39 is 0 Å². The van der Waals surface area contributed by atoms with Crippen LogP contribution >= 0.6 is 15.9 Å². The maximum Gasteiger partial charge on any atom is 0.124 e. The first kappa shape index (κ1) is 14.9. The SMILES string of the molecule is CCNC(Cc1ccc(F)cc1Br)CC1CCCO1. The lowest BCUT2D eigenvalue weighted by Gasteiger charge is -2.21. The summed E-state index contributed by atoms with van der Waals surface area (Å²) >= 11 is 3.44. The Balaban J connectivity index is 1.98. The molecule has 1 N–H and O–H groups in total. The molecule has 0 amide bonds. The summed E-state index contributed by atoms with van der Waals surface area (Å²) in [6, 6.07) is 5.30. The molecule has 106 valence electrons. The van der Waals surface area contributed by atoms with Gasteiger partial charge in [-0.2, -0.15) is 0 Å². The maximum absolute atomic E-state index is 13.1. The van der Waals surface area contributed by atoms with Crippen LogP contribution in [0.15, 0.2) is 22.7 Å². The fraction of sp³-hybridized carbons (Fsp3) is 0.600. The van der Waals surface area contributed by atoms with Gasteiger partial charge in [0.15, 0.2) is 0 Å². The quantitative estimate of drug-likeness (QED) is 0.859.